The fraction of sp³-hybridized carbons (Fsp3) is 0.615. The Bertz CT molecular complexity index is 416. The third-order valence-corrected chi connectivity index (χ3v) is 4.66. The molecular formula is C13H21N3OS. The minimum atomic E-state index is 0.335. The highest BCUT2D eigenvalue weighted by Crippen LogP contribution is 2.32. The molecule has 0 spiro atoms. The normalized spacial score (nSPS) is 20.9. The zero-order valence-corrected chi connectivity index (χ0v) is 11.6. The molecular weight excluding hydrogens is 246 g/mol. The smallest absolute Gasteiger partial charge is 0.139 e. The Morgan fingerprint density at radius 3 is 3.22 bits per heavy atom. The number of hydrogen-bond acceptors (Lipinski definition) is 4. The van der Waals surface area contributed by atoms with Crippen LogP contribution in [0.5, 0.6) is 0 Å². The highest BCUT2D eigenvalue weighted by atomic mass is 32.1. The van der Waals surface area contributed by atoms with Crippen LogP contribution in [0, 0.1) is 0 Å². The summed E-state index contributed by atoms with van der Waals surface area (Å²) in [6, 6.07) is 2.79. The molecule has 0 aromatic carbocycles. The van der Waals surface area contributed by atoms with E-state index >= 15 is 0 Å². The van der Waals surface area contributed by atoms with Gasteiger partial charge in [0.2, 0.25) is 0 Å². The molecule has 1 aromatic heterocycles. The SMILES string of the molecule is CC1c2ccsc2CCN1CCCC/C(N)=N/O. The van der Waals surface area contributed by atoms with Crippen molar-refractivity contribution in [2.45, 2.75) is 38.6 Å². The van der Waals surface area contributed by atoms with Gasteiger partial charge in [0, 0.05) is 23.9 Å². The van der Waals surface area contributed by atoms with Gasteiger partial charge in [-0.05, 0) is 49.7 Å². The Morgan fingerprint density at radius 2 is 2.44 bits per heavy atom. The maximum atomic E-state index is 8.46. The Hall–Kier alpha value is -1.07. The van der Waals surface area contributed by atoms with Crippen molar-refractivity contribution < 1.29 is 5.21 Å². The largest absolute Gasteiger partial charge is 0.409 e. The van der Waals surface area contributed by atoms with E-state index < -0.39 is 0 Å². The Morgan fingerprint density at radius 1 is 1.61 bits per heavy atom. The lowest BCUT2D eigenvalue weighted by molar-refractivity contribution is 0.197. The van der Waals surface area contributed by atoms with E-state index in [1.165, 1.54) is 12.0 Å². The number of fused-ring (bicyclic) bond motifs is 1. The van der Waals surface area contributed by atoms with Crippen LogP contribution in [-0.4, -0.2) is 29.0 Å². The summed E-state index contributed by atoms with van der Waals surface area (Å²) in [6.45, 7) is 4.53. The maximum Gasteiger partial charge on any atom is 0.139 e. The van der Waals surface area contributed by atoms with Crippen molar-refractivity contribution in [1.29, 1.82) is 0 Å². The molecule has 100 valence electrons. The molecule has 0 fully saturated rings. The molecule has 0 amide bonds. The number of hydrogen-bond donors (Lipinski definition) is 2. The summed E-state index contributed by atoms with van der Waals surface area (Å²) >= 11 is 1.88. The lowest BCUT2D eigenvalue weighted by Crippen LogP contribution is -2.34. The zero-order valence-electron chi connectivity index (χ0n) is 10.8. The van der Waals surface area contributed by atoms with E-state index in [4.69, 9.17) is 10.9 Å². The monoisotopic (exact) mass is 267 g/mol. The lowest BCUT2D eigenvalue weighted by atomic mass is 10.0. The van der Waals surface area contributed by atoms with Crippen molar-refractivity contribution in [2.75, 3.05) is 13.1 Å². The summed E-state index contributed by atoms with van der Waals surface area (Å²) < 4.78 is 0. The Labute approximate surface area is 112 Å². The van der Waals surface area contributed by atoms with Crippen LogP contribution in [0.4, 0.5) is 0 Å². The zero-order chi connectivity index (χ0) is 13.0. The van der Waals surface area contributed by atoms with E-state index in [0.29, 0.717) is 18.3 Å². The van der Waals surface area contributed by atoms with Crippen LogP contribution in [0.15, 0.2) is 16.6 Å². The minimum Gasteiger partial charge on any atom is -0.409 e. The van der Waals surface area contributed by atoms with Gasteiger partial charge in [-0.15, -0.1) is 11.3 Å². The van der Waals surface area contributed by atoms with Gasteiger partial charge in [0.05, 0.1) is 0 Å². The van der Waals surface area contributed by atoms with Crippen LogP contribution in [0.2, 0.25) is 0 Å². The van der Waals surface area contributed by atoms with E-state index in [2.05, 4.69) is 28.4 Å². The predicted octanol–water partition coefficient (Wildman–Crippen LogP) is 2.58. The van der Waals surface area contributed by atoms with Gasteiger partial charge in [-0.3, -0.25) is 4.90 Å². The molecule has 2 rings (SSSR count). The molecule has 1 aliphatic heterocycles. The molecule has 0 saturated carbocycles. The van der Waals surface area contributed by atoms with Gasteiger partial charge in [-0.25, -0.2) is 0 Å². The molecule has 4 nitrogen and oxygen atoms in total. The first-order chi connectivity index (χ1) is 8.72. The molecule has 18 heavy (non-hydrogen) atoms. The summed E-state index contributed by atoms with van der Waals surface area (Å²) in [5, 5.41) is 13.7. The quantitative estimate of drug-likeness (QED) is 0.283. The summed E-state index contributed by atoms with van der Waals surface area (Å²) in [5.41, 5.74) is 6.96. The molecule has 0 radical (unpaired) electrons. The molecule has 0 bridgehead atoms. The maximum absolute atomic E-state index is 8.46. The summed E-state index contributed by atoms with van der Waals surface area (Å²) in [6.07, 6.45) is 3.94. The molecule has 0 saturated heterocycles. The first-order valence-corrected chi connectivity index (χ1v) is 7.37. The van der Waals surface area contributed by atoms with Crippen molar-refractivity contribution in [3.05, 3.63) is 21.9 Å². The highest BCUT2D eigenvalue weighted by Gasteiger charge is 2.23. The van der Waals surface area contributed by atoms with Gasteiger partial charge in [0.25, 0.3) is 0 Å². The Balaban J connectivity index is 1.78. The van der Waals surface area contributed by atoms with Crippen LogP contribution >= 0.6 is 11.3 Å². The first kappa shape index (κ1) is 13.4. The number of thiophene rings is 1. The van der Waals surface area contributed by atoms with Crippen LogP contribution in [0.1, 0.15) is 42.7 Å². The second-order valence-corrected chi connectivity index (χ2v) is 5.81. The van der Waals surface area contributed by atoms with Crippen molar-refractivity contribution in [1.82, 2.24) is 4.90 Å². The average Bonchev–Trinajstić information content (AvgIpc) is 2.85. The highest BCUT2D eigenvalue weighted by molar-refractivity contribution is 7.10. The molecule has 2 heterocycles. The molecule has 1 atom stereocenters. The van der Waals surface area contributed by atoms with Gasteiger partial charge in [0.15, 0.2) is 0 Å². The molecule has 1 aromatic rings. The number of amidine groups is 1. The van der Waals surface area contributed by atoms with E-state index in [1.54, 1.807) is 4.88 Å². The average molecular weight is 267 g/mol. The van der Waals surface area contributed by atoms with Crippen molar-refractivity contribution in [3.63, 3.8) is 0 Å². The summed E-state index contributed by atoms with van der Waals surface area (Å²) in [7, 11) is 0. The minimum absolute atomic E-state index is 0.335. The van der Waals surface area contributed by atoms with E-state index in [0.717, 1.165) is 25.9 Å². The predicted molar refractivity (Wildman–Crippen MR) is 75.3 cm³/mol. The number of nitrogens with two attached hydrogens (primary N) is 1. The second-order valence-electron chi connectivity index (χ2n) is 4.81. The van der Waals surface area contributed by atoms with Gasteiger partial charge < -0.3 is 10.9 Å². The van der Waals surface area contributed by atoms with Crippen molar-refractivity contribution >= 4 is 17.2 Å². The van der Waals surface area contributed by atoms with Gasteiger partial charge in [0.1, 0.15) is 5.84 Å². The Kier molecular flexibility index (Phi) is 4.60. The van der Waals surface area contributed by atoms with Crippen molar-refractivity contribution in [3.8, 4) is 0 Å². The van der Waals surface area contributed by atoms with Crippen LogP contribution in [-0.2, 0) is 6.42 Å². The number of nitrogens with zero attached hydrogens (tertiary/aromatic N) is 2. The molecule has 5 heteroatoms. The molecule has 0 aliphatic carbocycles. The molecule has 3 N–H and O–H groups in total. The molecule has 1 unspecified atom stereocenters. The van der Waals surface area contributed by atoms with Gasteiger partial charge in [-0.1, -0.05) is 5.16 Å². The third kappa shape index (κ3) is 3.03. The van der Waals surface area contributed by atoms with Gasteiger partial charge in [-0.2, -0.15) is 0 Å². The third-order valence-electron chi connectivity index (χ3n) is 3.66. The number of unbranched alkanes of at least 4 members (excludes halogenated alkanes) is 1. The molecule has 1 aliphatic rings. The fourth-order valence-corrected chi connectivity index (χ4v) is 3.50. The fourth-order valence-electron chi connectivity index (χ4n) is 2.54. The summed E-state index contributed by atoms with van der Waals surface area (Å²) in [4.78, 5) is 4.08. The lowest BCUT2D eigenvalue weighted by Gasteiger charge is -2.33. The number of oxime groups is 1. The van der Waals surface area contributed by atoms with E-state index in [1.807, 2.05) is 11.3 Å². The van der Waals surface area contributed by atoms with Crippen LogP contribution in [0.25, 0.3) is 0 Å². The van der Waals surface area contributed by atoms with E-state index in [-0.39, 0.29) is 0 Å². The van der Waals surface area contributed by atoms with Crippen molar-refractivity contribution in [2.24, 2.45) is 10.9 Å². The summed E-state index contributed by atoms with van der Waals surface area (Å²) in [5.74, 6) is 0.335. The number of rotatable bonds is 5. The topological polar surface area (TPSA) is 61.8 Å². The standard InChI is InChI=1S/C13H21N3OS/c1-10-11-6-9-18-12(11)5-8-16(10)7-3-2-4-13(14)15-17/h6,9-10,17H,2-5,7-8H2,1H3,(H2,14,15). The first-order valence-electron chi connectivity index (χ1n) is 6.49. The van der Waals surface area contributed by atoms with E-state index in [9.17, 15) is 0 Å². The second kappa shape index (κ2) is 6.20. The van der Waals surface area contributed by atoms with Crippen LogP contribution in [0.3, 0.4) is 0 Å². The van der Waals surface area contributed by atoms with Gasteiger partial charge >= 0.3 is 0 Å². The van der Waals surface area contributed by atoms with Crippen LogP contribution < -0.4 is 5.73 Å².